The number of furan rings is 1. The van der Waals surface area contributed by atoms with Crippen LogP contribution in [0.1, 0.15) is 16.1 Å². The Hall–Kier alpha value is -2.49. The van der Waals surface area contributed by atoms with E-state index in [1.54, 1.807) is 36.4 Å². The number of ketones is 1. The monoisotopic (exact) mass is 356 g/mol. The van der Waals surface area contributed by atoms with Gasteiger partial charge in [-0.15, -0.1) is 0 Å². The van der Waals surface area contributed by atoms with Crippen molar-refractivity contribution in [2.75, 3.05) is 0 Å². The van der Waals surface area contributed by atoms with Crippen molar-refractivity contribution in [2.45, 2.75) is 0 Å². The molecule has 0 saturated heterocycles. The van der Waals surface area contributed by atoms with Crippen molar-refractivity contribution < 1.29 is 13.9 Å². The van der Waals surface area contributed by atoms with Gasteiger partial charge >= 0.3 is 0 Å². The fraction of sp³-hybridized carbons (Fsp3) is 0. The minimum absolute atomic E-state index is 0.208. The summed E-state index contributed by atoms with van der Waals surface area (Å²) in [6.07, 6.45) is 1.57. The van der Waals surface area contributed by atoms with Gasteiger partial charge in [-0.2, -0.15) is 0 Å². The maximum Gasteiger partial charge on any atom is 0.232 e. The number of hydrogen-bond donors (Lipinski definition) is 0. The van der Waals surface area contributed by atoms with E-state index in [2.05, 4.69) is 0 Å². The third kappa shape index (κ3) is 2.73. The number of halogens is 2. The molecule has 0 aliphatic carbocycles. The molecule has 1 aliphatic heterocycles. The first-order valence-electron chi connectivity index (χ1n) is 7.20. The number of fused-ring (bicyclic) bond motifs is 1. The molecule has 118 valence electrons. The van der Waals surface area contributed by atoms with Gasteiger partial charge in [0.15, 0.2) is 5.76 Å². The highest BCUT2D eigenvalue weighted by Gasteiger charge is 2.27. The van der Waals surface area contributed by atoms with Crippen LogP contribution in [0.2, 0.25) is 10.0 Å². The summed E-state index contributed by atoms with van der Waals surface area (Å²) in [6, 6.07) is 15.9. The van der Waals surface area contributed by atoms with Gasteiger partial charge in [0.1, 0.15) is 17.3 Å². The second kappa shape index (κ2) is 5.86. The molecule has 3 aromatic rings. The summed E-state index contributed by atoms with van der Waals surface area (Å²) in [5.41, 5.74) is 1.32. The normalized spacial score (nSPS) is 14.8. The Labute approximate surface area is 148 Å². The predicted molar refractivity (Wildman–Crippen MR) is 93.5 cm³/mol. The highest BCUT2D eigenvalue weighted by atomic mass is 35.5. The first-order chi connectivity index (χ1) is 11.6. The van der Waals surface area contributed by atoms with E-state index < -0.39 is 0 Å². The zero-order chi connectivity index (χ0) is 16.7. The summed E-state index contributed by atoms with van der Waals surface area (Å²) < 4.78 is 11.3. The van der Waals surface area contributed by atoms with Crippen molar-refractivity contribution in [1.29, 1.82) is 0 Å². The summed E-state index contributed by atoms with van der Waals surface area (Å²) in [5.74, 6) is 1.67. The van der Waals surface area contributed by atoms with Crippen molar-refractivity contribution >= 4 is 35.1 Å². The summed E-state index contributed by atoms with van der Waals surface area (Å²) in [5, 5.41) is 1.12. The van der Waals surface area contributed by atoms with Gasteiger partial charge in [0.25, 0.3) is 0 Å². The van der Waals surface area contributed by atoms with E-state index in [9.17, 15) is 4.79 Å². The largest absolute Gasteiger partial charge is 0.457 e. The first-order valence-corrected chi connectivity index (χ1v) is 7.95. The number of hydrogen-bond acceptors (Lipinski definition) is 3. The highest BCUT2D eigenvalue weighted by Crippen LogP contribution is 2.34. The maximum atomic E-state index is 12.4. The van der Waals surface area contributed by atoms with Gasteiger partial charge in [-0.25, -0.2) is 0 Å². The average molecular weight is 357 g/mol. The molecular weight excluding hydrogens is 347 g/mol. The quantitative estimate of drug-likeness (QED) is 0.539. The molecule has 0 bridgehead atoms. The standard InChI is InChI=1S/C19H10Cl2O3/c20-12-3-1-2-11(8-12)16-7-5-14(23-16)10-18-19(22)15-9-13(21)4-6-17(15)24-18/h1-10H. The Balaban J connectivity index is 1.65. The van der Waals surface area contributed by atoms with Crippen LogP contribution >= 0.6 is 23.2 Å². The number of carbonyl (C=O) groups is 1. The van der Waals surface area contributed by atoms with Crippen LogP contribution in [0.5, 0.6) is 5.75 Å². The average Bonchev–Trinajstić information content (AvgIpc) is 3.14. The van der Waals surface area contributed by atoms with Gasteiger partial charge in [0.05, 0.1) is 5.56 Å². The third-order valence-electron chi connectivity index (χ3n) is 3.64. The van der Waals surface area contributed by atoms with Gasteiger partial charge in [-0.05, 0) is 42.5 Å². The SMILES string of the molecule is O=C1C(=Cc2ccc(-c3cccc(Cl)c3)o2)Oc2ccc(Cl)cc21. The second-order valence-electron chi connectivity index (χ2n) is 5.29. The van der Waals surface area contributed by atoms with E-state index in [-0.39, 0.29) is 11.5 Å². The molecule has 0 fully saturated rings. The fourth-order valence-electron chi connectivity index (χ4n) is 2.52. The Bertz CT molecular complexity index is 986. The minimum atomic E-state index is -0.215. The molecule has 24 heavy (non-hydrogen) atoms. The molecule has 3 nitrogen and oxygen atoms in total. The van der Waals surface area contributed by atoms with Crippen LogP contribution in [0.15, 0.2) is 64.8 Å². The Morgan fingerprint density at radius 2 is 1.75 bits per heavy atom. The van der Waals surface area contributed by atoms with Crippen molar-refractivity contribution in [3.05, 3.63) is 81.7 Å². The molecule has 0 N–H and O–H groups in total. The molecule has 1 aromatic heterocycles. The van der Waals surface area contributed by atoms with E-state index in [1.165, 1.54) is 0 Å². The number of ether oxygens (including phenoxy) is 1. The molecule has 0 radical (unpaired) electrons. The molecule has 5 heteroatoms. The van der Waals surface area contributed by atoms with Crippen molar-refractivity contribution in [2.24, 2.45) is 0 Å². The Kier molecular flexibility index (Phi) is 3.68. The molecule has 1 aliphatic rings. The van der Waals surface area contributed by atoms with Crippen LogP contribution in [-0.2, 0) is 0 Å². The molecule has 2 heterocycles. The van der Waals surface area contributed by atoms with Gasteiger partial charge in [-0.1, -0.05) is 35.3 Å². The number of Topliss-reactive ketones (excluding diaryl/α,β-unsaturated/α-hetero) is 1. The summed E-state index contributed by atoms with van der Waals surface area (Å²) in [7, 11) is 0. The molecule has 4 rings (SSSR count). The fourth-order valence-corrected chi connectivity index (χ4v) is 2.88. The van der Waals surface area contributed by atoms with Gasteiger partial charge in [-0.3, -0.25) is 4.79 Å². The van der Waals surface area contributed by atoms with Crippen molar-refractivity contribution in [3.8, 4) is 17.1 Å². The van der Waals surface area contributed by atoms with Crippen LogP contribution in [0.3, 0.4) is 0 Å². The summed E-state index contributed by atoms with van der Waals surface area (Å²) in [4.78, 5) is 12.4. The molecule has 0 atom stereocenters. The number of benzene rings is 2. The molecule has 0 unspecified atom stereocenters. The zero-order valence-electron chi connectivity index (χ0n) is 12.3. The van der Waals surface area contributed by atoms with E-state index in [0.29, 0.717) is 32.9 Å². The summed E-state index contributed by atoms with van der Waals surface area (Å²) >= 11 is 11.9. The Morgan fingerprint density at radius 3 is 2.58 bits per heavy atom. The first kappa shape index (κ1) is 15.1. The maximum absolute atomic E-state index is 12.4. The second-order valence-corrected chi connectivity index (χ2v) is 6.17. The summed E-state index contributed by atoms with van der Waals surface area (Å²) in [6.45, 7) is 0. The molecule has 0 spiro atoms. The molecule has 2 aromatic carbocycles. The van der Waals surface area contributed by atoms with Crippen LogP contribution in [-0.4, -0.2) is 5.78 Å². The van der Waals surface area contributed by atoms with E-state index >= 15 is 0 Å². The number of rotatable bonds is 2. The molecule has 0 amide bonds. The number of carbonyl (C=O) groups excluding carboxylic acids is 1. The lowest BCUT2D eigenvalue weighted by Gasteiger charge is -1.98. The van der Waals surface area contributed by atoms with E-state index in [1.807, 2.05) is 24.3 Å². The van der Waals surface area contributed by atoms with Crippen LogP contribution in [0.25, 0.3) is 17.4 Å². The van der Waals surface area contributed by atoms with E-state index in [0.717, 1.165) is 5.56 Å². The van der Waals surface area contributed by atoms with Gasteiger partial charge < -0.3 is 9.15 Å². The number of allylic oxidation sites excluding steroid dienone is 1. The highest BCUT2D eigenvalue weighted by molar-refractivity contribution is 6.31. The van der Waals surface area contributed by atoms with Crippen LogP contribution in [0, 0.1) is 0 Å². The lowest BCUT2D eigenvalue weighted by molar-refractivity contribution is 0.101. The smallest absolute Gasteiger partial charge is 0.232 e. The van der Waals surface area contributed by atoms with Crippen molar-refractivity contribution in [3.63, 3.8) is 0 Å². The third-order valence-corrected chi connectivity index (χ3v) is 4.11. The topological polar surface area (TPSA) is 39.4 Å². The lowest BCUT2D eigenvalue weighted by Crippen LogP contribution is -1.97. The van der Waals surface area contributed by atoms with Crippen LogP contribution < -0.4 is 4.74 Å². The lowest BCUT2D eigenvalue weighted by atomic mass is 10.1. The molecule has 0 saturated carbocycles. The molecular formula is C19H10Cl2O3. The van der Waals surface area contributed by atoms with Gasteiger partial charge in [0, 0.05) is 21.7 Å². The zero-order valence-corrected chi connectivity index (χ0v) is 13.8. The predicted octanol–water partition coefficient (Wildman–Crippen LogP) is 5.87. The van der Waals surface area contributed by atoms with Crippen LogP contribution in [0.4, 0.5) is 0 Å². The van der Waals surface area contributed by atoms with Crippen molar-refractivity contribution in [1.82, 2.24) is 0 Å². The minimum Gasteiger partial charge on any atom is -0.457 e. The van der Waals surface area contributed by atoms with Gasteiger partial charge in [0.2, 0.25) is 5.78 Å². The van der Waals surface area contributed by atoms with E-state index in [4.69, 9.17) is 32.4 Å². The Morgan fingerprint density at radius 1 is 0.917 bits per heavy atom.